The topological polar surface area (TPSA) is 106 Å². The van der Waals surface area contributed by atoms with Crippen molar-refractivity contribution in [2.45, 2.75) is 19.8 Å². The summed E-state index contributed by atoms with van der Waals surface area (Å²) in [5.41, 5.74) is 0.442. The lowest BCUT2D eigenvalue weighted by Gasteiger charge is -2.31. The Bertz CT molecular complexity index is 735. The van der Waals surface area contributed by atoms with Crippen LogP contribution in [0.3, 0.4) is 0 Å². The molecule has 0 atom stereocenters. The van der Waals surface area contributed by atoms with E-state index in [0.29, 0.717) is 31.1 Å². The van der Waals surface area contributed by atoms with Crippen LogP contribution in [0.5, 0.6) is 0 Å². The van der Waals surface area contributed by atoms with Crippen LogP contribution in [0.25, 0.3) is 5.65 Å². The fourth-order valence-electron chi connectivity index (χ4n) is 2.83. The second-order valence-corrected chi connectivity index (χ2v) is 5.49. The molecule has 0 aromatic carbocycles. The molecule has 3 heterocycles. The SMILES string of the molecule is CCNC(=O)C1CCN(c2ccc3ncc([N+](=O)[O-])n3n2)CC1. The first kappa shape index (κ1) is 15.2. The summed E-state index contributed by atoms with van der Waals surface area (Å²) in [4.78, 5) is 28.4. The zero-order valence-electron chi connectivity index (χ0n) is 12.8. The highest BCUT2D eigenvalue weighted by Gasteiger charge is 2.26. The van der Waals surface area contributed by atoms with Gasteiger partial charge in [0.2, 0.25) is 11.6 Å². The molecule has 1 fully saturated rings. The van der Waals surface area contributed by atoms with Crippen LogP contribution in [0.2, 0.25) is 0 Å². The monoisotopic (exact) mass is 318 g/mol. The van der Waals surface area contributed by atoms with Gasteiger partial charge in [-0.2, -0.15) is 0 Å². The van der Waals surface area contributed by atoms with Crippen LogP contribution < -0.4 is 10.2 Å². The molecule has 2 aromatic heterocycles. The Morgan fingerprint density at radius 2 is 2.17 bits per heavy atom. The predicted molar refractivity (Wildman–Crippen MR) is 83.3 cm³/mol. The number of fused-ring (bicyclic) bond motifs is 1. The number of hydrogen-bond acceptors (Lipinski definition) is 6. The molecule has 1 saturated heterocycles. The van der Waals surface area contributed by atoms with Crippen LogP contribution in [0.4, 0.5) is 11.6 Å². The van der Waals surface area contributed by atoms with Crippen molar-refractivity contribution in [2.75, 3.05) is 24.5 Å². The minimum atomic E-state index is -0.502. The highest BCUT2D eigenvalue weighted by molar-refractivity contribution is 5.78. The molecular formula is C14H18N6O3. The van der Waals surface area contributed by atoms with Crippen LogP contribution in [0, 0.1) is 16.0 Å². The first-order valence-corrected chi connectivity index (χ1v) is 7.62. The second-order valence-electron chi connectivity index (χ2n) is 5.49. The van der Waals surface area contributed by atoms with Crippen LogP contribution in [-0.2, 0) is 4.79 Å². The Hall–Kier alpha value is -2.71. The molecule has 0 aliphatic carbocycles. The summed E-state index contributed by atoms with van der Waals surface area (Å²) in [5.74, 6) is 0.630. The van der Waals surface area contributed by atoms with Crippen LogP contribution in [0.1, 0.15) is 19.8 Å². The Balaban J connectivity index is 1.76. The van der Waals surface area contributed by atoms with E-state index < -0.39 is 4.92 Å². The standard InChI is InChI=1S/C14H18N6O3/c1-2-15-14(21)10-5-7-18(8-6-10)12-4-3-11-16-9-13(20(22)23)19(11)17-12/h3-4,9-10H,2,5-8H2,1H3,(H,15,21). The average Bonchev–Trinajstić information content (AvgIpc) is 2.98. The van der Waals surface area contributed by atoms with Crippen molar-refractivity contribution in [3.8, 4) is 0 Å². The van der Waals surface area contributed by atoms with E-state index in [9.17, 15) is 14.9 Å². The number of carbonyl (C=O) groups is 1. The maximum absolute atomic E-state index is 11.9. The van der Waals surface area contributed by atoms with E-state index in [2.05, 4.69) is 15.4 Å². The van der Waals surface area contributed by atoms with Gasteiger partial charge >= 0.3 is 5.82 Å². The number of hydrogen-bond donors (Lipinski definition) is 1. The number of amides is 1. The van der Waals surface area contributed by atoms with Gasteiger partial charge in [0.1, 0.15) is 6.20 Å². The van der Waals surface area contributed by atoms with Gasteiger partial charge in [0, 0.05) is 31.6 Å². The molecule has 0 unspecified atom stereocenters. The summed E-state index contributed by atoms with van der Waals surface area (Å²) in [5, 5.41) is 18.2. The first-order chi connectivity index (χ1) is 11.1. The van der Waals surface area contributed by atoms with Gasteiger partial charge in [0.05, 0.1) is 0 Å². The normalized spacial score (nSPS) is 15.8. The second kappa shape index (κ2) is 6.19. The Labute approximate surface area is 132 Å². The smallest absolute Gasteiger partial charge is 0.358 e. The summed E-state index contributed by atoms with van der Waals surface area (Å²) in [6, 6.07) is 3.52. The molecule has 0 radical (unpaired) electrons. The quantitative estimate of drug-likeness (QED) is 0.665. The summed E-state index contributed by atoms with van der Waals surface area (Å²) >= 11 is 0. The number of piperidine rings is 1. The van der Waals surface area contributed by atoms with Crippen LogP contribution in [0.15, 0.2) is 18.3 Å². The number of aromatic nitrogens is 3. The maximum Gasteiger partial charge on any atom is 0.368 e. The maximum atomic E-state index is 11.9. The summed E-state index contributed by atoms with van der Waals surface area (Å²) < 4.78 is 1.24. The fraction of sp³-hybridized carbons (Fsp3) is 0.500. The highest BCUT2D eigenvalue weighted by atomic mass is 16.6. The summed E-state index contributed by atoms with van der Waals surface area (Å²) in [6.07, 6.45) is 2.70. The zero-order chi connectivity index (χ0) is 16.4. The number of imidazole rings is 1. The van der Waals surface area contributed by atoms with Gasteiger partial charge in [-0.3, -0.25) is 4.79 Å². The van der Waals surface area contributed by atoms with Gasteiger partial charge < -0.3 is 20.3 Å². The lowest BCUT2D eigenvalue weighted by atomic mass is 9.96. The molecule has 122 valence electrons. The van der Waals surface area contributed by atoms with Gasteiger partial charge in [-0.25, -0.2) is 4.98 Å². The molecule has 9 heteroatoms. The fourth-order valence-corrected chi connectivity index (χ4v) is 2.83. The third-order valence-electron chi connectivity index (χ3n) is 4.06. The molecule has 23 heavy (non-hydrogen) atoms. The van der Waals surface area contributed by atoms with Crippen molar-refractivity contribution in [3.05, 3.63) is 28.4 Å². The van der Waals surface area contributed by atoms with Crippen molar-refractivity contribution in [2.24, 2.45) is 5.92 Å². The molecule has 0 bridgehead atoms. The van der Waals surface area contributed by atoms with Gasteiger partial charge in [-0.1, -0.05) is 9.61 Å². The molecule has 1 aliphatic rings. The minimum Gasteiger partial charge on any atom is -0.358 e. The molecule has 0 saturated carbocycles. The van der Waals surface area contributed by atoms with E-state index in [1.54, 1.807) is 12.1 Å². The Kier molecular flexibility index (Phi) is 4.09. The third-order valence-corrected chi connectivity index (χ3v) is 4.06. The van der Waals surface area contributed by atoms with E-state index in [4.69, 9.17) is 0 Å². The first-order valence-electron chi connectivity index (χ1n) is 7.62. The molecular weight excluding hydrogens is 300 g/mol. The van der Waals surface area contributed by atoms with Crippen molar-refractivity contribution < 1.29 is 9.72 Å². The lowest BCUT2D eigenvalue weighted by Crippen LogP contribution is -2.40. The minimum absolute atomic E-state index is 0.0255. The number of nitrogens with one attached hydrogen (secondary N) is 1. The van der Waals surface area contributed by atoms with Gasteiger partial charge in [-0.05, 0) is 30.8 Å². The molecule has 0 spiro atoms. The highest BCUT2D eigenvalue weighted by Crippen LogP contribution is 2.23. The largest absolute Gasteiger partial charge is 0.368 e. The molecule has 1 amide bonds. The molecule has 3 rings (SSSR count). The van der Waals surface area contributed by atoms with Gasteiger partial charge in [0.25, 0.3) is 0 Å². The average molecular weight is 318 g/mol. The van der Waals surface area contributed by atoms with Crippen LogP contribution in [-0.4, -0.2) is 45.1 Å². The number of carbonyl (C=O) groups excluding carboxylic acids is 1. The van der Waals surface area contributed by atoms with Gasteiger partial charge in [0.15, 0.2) is 5.82 Å². The molecule has 9 nitrogen and oxygen atoms in total. The van der Waals surface area contributed by atoms with Crippen molar-refractivity contribution in [3.63, 3.8) is 0 Å². The Morgan fingerprint density at radius 3 is 2.83 bits per heavy atom. The van der Waals surface area contributed by atoms with Crippen molar-refractivity contribution in [1.82, 2.24) is 19.9 Å². The van der Waals surface area contributed by atoms with E-state index in [0.717, 1.165) is 12.8 Å². The van der Waals surface area contributed by atoms with E-state index in [1.807, 2.05) is 11.8 Å². The number of anilines is 1. The number of nitrogens with zero attached hydrogens (tertiary/aromatic N) is 5. The molecule has 1 N–H and O–H groups in total. The Morgan fingerprint density at radius 1 is 1.43 bits per heavy atom. The molecule has 1 aliphatic heterocycles. The predicted octanol–water partition coefficient (Wildman–Crippen LogP) is 0.990. The zero-order valence-corrected chi connectivity index (χ0v) is 12.8. The van der Waals surface area contributed by atoms with Gasteiger partial charge in [-0.15, -0.1) is 0 Å². The number of nitro groups is 1. The van der Waals surface area contributed by atoms with E-state index in [1.165, 1.54) is 10.7 Å². The van der Waals surface area contributed by atoms with Crippen molar-refractivity contribution in [1.29, 1.82) is 0 Å². The lowest BCUT2D eigenvalue weighted by molar-refractivity contribution is -0.391. The van der Waals surface area contributed by atoms with E-state index in [-0.39, 0.29) is 17.6 Å². The van der Waals surface area contributed by atoms with Crippen molar-refractivity contribution >= 4 is 23.2 Å². The summed E-state index contributed by atoms with van der Waals surface area (Å²) in [7, 11) is 0. The molecule has 2 aromatic rings. The van der Waals surface area contributed by atoms with Crippen LogP contribution >= 0.6 is 0 Å². The number of rotatable bonds is 4. The summed E-state index contributed by atoms with van der Waals surface area (Å²) in [6.45, 7) is 3.94. The third kappa shape index (κ3) is 2.94. The van der Waals surface area contributed by atoms with E-state index >= 15 is 0 Å².